The molecule has 4 aromatic rings. The maximum Gasteiger partial charge on any atom is 0.279 e. The van der Waals surface area contributed by atoms with Crippen molar-refractivity contribution in [3.8, 4) is 10.9 Å². The van der Waals surface area contributed by atoms with E-state index in [1.807, 2.05) is 30.3 Å². The summed E-state index contributed by atoms with van der Waals surface area (Å²) in [6, 6.07) is 16.5. The molecule has 160 valence electrons. The van der Waals surface area contributed by atoms with Gasteiger partial charge in [-0.3, -0.25) is 0 Å². The third kappa shape index (κ3) is 5.65. The van der Waals surface area contributed by atoms with Gasteiger partial charge in [0.25, 0.3) is 5.19 Å². The Morgan fingerprint density at radius 2 is 1.94 bits per heavy atom. The molecule has 5 rings (SSSR count). The highest BCUT2D eigenvalue weighted by Gasteiger charge is 2.24. The van der Waals surface area contributed by atoms with Gasteiger partial charge in [-0.05, 0) is 73.2 Å². The number of tetrazole rings is 1. The van der Waals surface area contributed by atoms with Gasteiger partial charge in [0.2, 0.25) is 0 Å². The molecule has 2 heterocycles. The minimum absolute atomic E-state index is 0.687. The fourth-order valence-corrected chi connectivity index (χ4v) is 4.53. The normalized spacial score (nSPS) is 13.8. The largest absolute Gasteiger partial charge is 0.431 e. The number of aromatic nitrogens is 5. The molecule has 0 radical (unpaired) electrons. The van der Waals surface area contributed by atoms with Gasteiger partial charge in [-0.15, -0.1) is 10.2 Å². The van der Waals surface area contributed by atoms with Crippen molar-refractivity contribution >= 4 is 21.6 Å². The van der Waals surface area contributed by atoms with E-state index in [2.05, 4.69) is 43.5 Å². The lowest BCUT2D eigenvalue weighted by Crippen LogP contribution is -2.30. The summed E-state index contributed by atoms with van der Waals surface area (Å²) < 4.78 is 7.11. The molecule has 1 aliphatic rings. The molecule has 0 spiro atoms. The van der Waals surface area contributed by atoms with Crippen LogP contribution < -0.4 is 4.74 Å². The molecule has 1 saturated carbocycles. The second kappa shape index (κ2) is 9.53. The Labute approximate surface area is 185 Å². The SMILES string of the molecule is c1ccc2sc(Oc3ccc(CCN(CCCn4ncnn4)CC4CC4)cc3)nc2c1. The molecule has 0 amide bonds. The number of nitrogens with zero attached hydrogens (tertiary/aromatic N) is 6. The standard InChI is InChI=1S/C23H26N6OS/c1-2-5-22-21(4-1)26-23(31-22)30-20-10-8-18(9-11-20)12-15-28(16-19-6-7-19)13-3-14-29-25-17-24-27-29/h1-2,4-5,8-11,17,19H,3,6-7,12-16H2. The van der Waals surface area contributed by atoms with Crippen LogP contribution in [0.5, 0.6) is 10.9 Å². The van der Waals surface area contributed by atoms with Crippen molar-refractivity contribution in [3.05, 3.63) is 60.4 Å². The van der Waals surface area contributed by atoms with Gasteiger partial charge >= 0.3 is 0 Å². The number of aryl methyl sites for hydroxylation is 1. The summed E-state index contributed by atoms with van der Waals surface area (Å²) in [6.07, 6.45) is 6.32. The lowest BCUT2D eigenvalue weighted by Gasteiger charge is -2.22. The van der Waals surface area contributed by atoms with Crippen molar-refractivity contribution in [1.29, 1.82) is 0 Å². The van der Waals surface area contributed by atoms with E-state index in [1.165, 1.54) is 31.3 Å². The van der Waals surface area contributed by atoms with Gasteiger partial charge in [0.15, 0.2) is 6.33 Å². The molecule has 1 fully saturated rings. The molecule has 1 aliphatic carbocycles. The predicted octanol–water partition coefficient (Wildman–Crippen LogP) is 4.42. The molecule has 0 aliphatic heterocycles. The van der Waals surface area contributed by atoms with Crippen LogP contribution in [0.3, 0.4) is 0 Å². The van der Waals surface area contributed by atoms with E-state index < -0.39 is 0 Å². The van der Waals surface area contributed by atoms with E-state index in [1.54, 1.807) is 16.1 Å². The Bertz CT molecular complexity index is 1060. The minimum Gasteiger partial charge on any atom is -0.431 e. The van der Waals surface area contributed by atoms with E-state index in [9.17, 15) is 0 Å². The van der Waals surface area contributed by atoms with Gasteiger partial charge in [0.1, 0.15) is 5.75 Å². The number of fused-ring (bicyclic) bond motifs is 1. The van der Waals surface area contributed by atoms with Crippen LogP contribution in [0.4, 0.5) is 0 Å². The molecule has 0 saturated heterocycles. The van der Waals surface area contributed by atoms with Crippen molar-refractivity contribution < 1.29 is 4.74 Å². The van der Waals surface area contributed by atoms with Crippen LogP contribution in [0.15, 0.2) is 54.9 Å². The Morgan fingerprint density at radius 1 is 1.06 bits per heavy atom. The van der Waals surface area contributed by atoms with Crippen LogP contribution in [0, 0.1) is 5.92 Å². The zero-order valence-electron chi connectivity index (χ0n) is 17.4. The van der Waals surface area contributed by atoms with Crippen LogP contribution in [-0.4, -0.2) is 49.7 Å². The number of thiazole rings is 1. The molecule has 31 heavy (non-hydrogen) atoms. The zero-order chi connectivity index (χ0) is 20.9. The van der Waals surface area contributed by atoms with Gasteiger partial charge in [0, 0.05) is 13.1 Å². The van der Waals surface area contributed by atoms with Gasteiger partial charge in [-0.2, -0.15) is 4.80 Å². The maximum atomic E-state index is 5.97. The fourth-order valence-electron chi connectivity index (χ4n) is 3.69. The third-order valence-electron chi connectivity index (χ3n) is 5.56. The van der Waals surface area contributed by atoms with Crippen LogP contribution >= 0.6 is 11.3 Å². The average molecular weight is 435 g/mol. The molecule has 8 heteroatoms. The van der Waals surface area contributed by atoms with E-state index in [4.69, 9.17) is 4.74 Å². The minimum atomic E-state index is 0.687. The molecular weight excluding hydrogens is 408 g/mol. The molecular formula is C23H26N6OS. The molecule has 2 aromatic heterocycles. The smallest absolute Gasteiger partial charge is 0.279 e. The number of hydrogen-bond donors (Lipinski definition) is 0. The summed E-state index contributed by atoms with van der Waals surface area (Å²) in [5, 5.41) is 12.5. The predicted molar refractivity (Wildman–Crippen MR) is 121 cm³/mol. The van der Waals surface area contributed by atoms with Crippen molar-refractivity contribution in [3.63, 3.8) is 0 Å². The first-order valence-electron chi connectivity index (χ1n) is 10.9. The maximum absolute atomic E-state index is 5.97. The summed E-state index contributed by atoms with van der Waals surface area (Å²) in [7, 11) is 0. The lowest BCUT2D eigenvalue weighted by molar-refractivity contribution is 0.253. The van der Waals surface area contributed by atoms with E-state index in [0.29, 0.717) is 5.19 Å². The topological polar surface area (TPSA) is 69.0 Å². The van der Waals surface area contributed by atoms with E-state index in [-0.39, 0.29) is 0 Å². The summed E-state index contributed by atoms with van der Waals surface area (Å²) in [5.41, 5.74) is 2.31. The molecule has 0 unspecified atom stereocenters. The van der Waals surface area contributed by atoms with Crippen molar-refractivity contribution in [2.75, 3.05) is 19.6 Å². The molecule has 0 N–H and O–H groups in total. The summed E-state index contributed by atoms with van der Waals surface area (Å²) in [6.45, 7) is 4.15. The first-order chi connectivity index (χ1) is 15.3. The van der Waals surface area contributed by atoms with Gasteiger partial charge in [-0.25, -0.2) is 4.98 Å². The molecule has 0 bridgehead atoms. The summed E-state index contributed by atoms with van der Waals surface area (Å²) in [5.74, 6) is 1.71. The van der Waals surface area contributed by atoms with Crippen LogP contribution in [0.1, 0.15) is 24.8 Å². The monoisotopic (exact) mass is 434 g/mol. The van der Waals surface area contributed by atoms with Crippen molar-refractivity contribution in [1.82, 2.24) is 30.1 Å². The van der Waals surface area contributed by atoms with Crippen LogP contribution in [0.2, 0.25) is 0 Å². The first kappa shape index (κ1) is 20.1. The Hall–Kier alpha value is -2.84. The van der Waals surface area contributed by atoms with E-state index >= 15 is 0 Å². The highest BCUT2D eigenvalue weighted by Crippen LogP contribution is 2.31. The van der Waals surface area contributed by atoms with Crippen molar-refractivity contribution in [2.24, 2.45) is 5.92 Å². The highest BCUT2D eigenvalue weighted by atomic mass is 32.1. The number of benzene rings is 2. The molecule has 0 atom stereocenters. The summed E-state index contributed by atoms with van der Waals surface area (Å²) >= 11 is 1.57. The molecule has 7 nitrogen and oxygen atoms in total. The zero-order valence-corrected chi connectivity index (χ0v) is 18.2. The Balaban J connectivity index is 1.13. The van der Waals surface area contributed by atoms with Crippen LogP contribution in [0.25, 0.3) is 10.2 Å². The van der Waals surface area contributed by atoms with Gasteiger partial charge in [0.05, 0.1) is 16.8 Å². The van der Waals surface area contributed by atoms with Crippen molar-refractivity contribution in [2.45, 2.75) is 32.2 Å². The third-order valence-corrected chi connectivity index (χ3v) is 6.47. The molecule has 2 aromatic carbocycles. The van der Waals surface area contributed by atoms with Gasteiger partial charge < -0.3 is 9.64 Å². The quantitative estimate of drug-likeness (QED) is 0.348. The van der Waals surface area contributed by atoms with Gasteiger partial charge in [-0.1, -0.05) is 35.6 Å². The second-order valence-corrected chi connectivity index (χ2v) is 9.07. The number of ether oxygens (including phenoxy) is 1. The Kier molecular flexibility index (Phi) is 6.18. The highest BCUT2D eigenvalue weighted by molar-refractivity contribution is 7.20. The number of hydrogen-bond acceptors (Lipinski definition) is 7. The number of rotatable bonds is 11. The second-order valence-electron chi connectivity index (χ2n) is 8.07. The first-order valence-corrected chi connectivity index (χ1v) is 11.7. The van der Waals surface area contributed by atoms with E-state index in [0.717, 1.165) is 54.4 Å². The number of para-hydroxylation sites is 1. The Morgan fingerprint density at radius 3 is 2.71 bits per heavy atom. The average Bonchev–Trinajstić information content (AvgIpc) is 3.28. The fraction of sp³-hybridized carbons (Fsp3) is 0.391. The van der Waals surface area contributed by atoms with Crippen LogP contribution in [-0.2, 0) is 13.0 Å². The summed E-state index contributed by atoms with van der Waals surface area (Å²) in [4.78, 5) is 8.80. The lowest BCUT2D eigenvalue weighted by atomic mass is 10.1.